The van der Waals surface area contributed by atoms with E-state index in [0.29, 0.717) is 10.8 Å². The summed E-state index contributed by atoms with van der Waals surface area (Å²) in [7, 11) is -2.13. The molecule has 1 heteroatoms. The molecule has 0 saturated carbocycles. The van der Waals surface area contributed by atoms with Gasteiger partial charge in [-0.3, -0.25) is 0 Å². The van der Waals surface area contributed by atoms with Crippen molar-refractivity contribution in [2.75, 3.05) is 0 Å². The molecule has 0 nitrogen and oxygen atoms in total. The van der Waals surface area contributed by atoms with Gasteiger partial charge in [-0.15, -0.1) is 0 Å². The van der Waals surface area contributed by atoms with Gasteiger partial charge in [0.1, 0.15) is 0 Å². The molecule has 0 unspecified atom stereocenters. The Labute approximate surface area is 800 Å². The van der Waals surface area contributed by atoms with Gasteiger partial charge < -0.3 is 0 Å². The van der Waals surface area contributed by atoms with Crippen molar-refractivity contribution < 1.29 is 0 Å². The van der Waals surface area contributed by atoms with E-state index in [-0.39, 0.29) is 37.5 Å². The van der Waals surface area contributed by atoms with E-state index < -0.39 is 8.07 Å². The fourth-order valence-electron chi connectivity index (χ4n) is 22.2. The Hall–Kier alpha value is -12.3. The van der Waals surface area contributed by atoms with E-state index in [2.05, 4.69) is 543 Å². The average molecular weight is 1750 g/mol. The Balaban J connectivity index is 0.000000123. The quantitative estimate of drug-likeness (QED) is 0.122. The number of rotatable bonds is 3. The maximum atomic E-state index is 2.49. The zero-order valence-electron chi connectivity index (χ0n) is 84.1. The van der Waals surface area contributed by atoms with Crippen molar-refractivity contribution in [3.8, 4) is 134 Å². The third-order valence-corrected chi connectivity index (χ3v) is 34.4. The second-order valence-electron chi connectivity index (χ2n) is 46.1. The van der Waals surface area contributed by atoms with E-state index in [9.17, 15) is 0 Å². The minimum absolute atomic E-state index is 0.00866. The molecule has 0 bridgehead atoms. The topological polar surface area (TPSA) is 0 Å². The first-order chi connectivity index (χ1) is 63.0. The van der Waals surface area contributed by atoms with Crippen LogP contribution in [-0.4, -0.2) is 8.07 Å². The number of hydrogen-bond acceptors (Lipinski definition) is 0. The molecule has 0 radical (unpaired) electrons. The average Bonchev–Trinajstić information content (AvgIpc) is 0.789. The van der Waals surface area contributed by atoms with Gasteiger partial charge in [0.05, 0.1) is 0 Å². The highest BCUT2D eigenvalue weighted by atomic mass is 28.3. The summed E-state index contributed by atoms with van der Waals surface area (Å²) in [6, 6.07) is 137. The van der Waals surface area contributed by atoms with Crippen molar-refractivity contribution in [3.63, 3.8) is 0 Å². The normalized spacial score (nSPS) is 13.7. The van der Waals surface area contributed by atoms with Crippen molar-refractivity contribution in [1.82, 2.24) is 0 Å². The molecule has 0 aromatic heterocycles. The van der Waals surface area contributed by atoms with Gasteiger partial charge in [-0.25, -0.2) is 0 Å². The monoisotopic (exact) mass is 1750 g/mol. The Morgan fingerprint density at radius 2 is 0.414 bits per heavy atom. The Bertz CT molecular complexity index is 6610. The van der Waals surface area contributed by atoms with Crippen molar-refractivity contribution >= 4 is 23.6 Å². The lowest BCUT2D eigenvalue weighted by Crippen LogP contribution is -2.72. The van der Waals surface area contributed by atoms with Crippen LogP contribution in [0.25, 0.3) is 134 Å². The summed E-state index contributed by atoms with van der Waals surface area (Å²) in [6.45, 7) is 58.8. The van der Waals surface area contributed by atoms with Crippen LogP contribution in [0, 0.1) is 0 Å². The van der Waals surface area contributed by atoms with Crippen LogP contribution in [0.15, 0.2) is 370 Å². The summed E-state index contributed by atoms with van der Waals surface area (Å²) in [5, 5.41) is 4.59. The molecular formula is C132H140Si. The Morgan fingerprint density at radius 3 is 0.707 bits per heavy atom. The van der Waals surface area contributed by atoms with Gasteiger partial charge in [0, 0.05) is 0 Å². The van der Waals surface area contributed by atoms with Crippen molar-refractivity contribution in [2.24, 2.45) is 0 Å². The second kappa shape index (κ2) is 36.3. The predicted octanol–water partition coefficient (Wildman–Crippen LogP) is 35.8. The van der Waals surface area contributed by atoms with Crippen LogP contribution in [0.4, 0.5) is 0 Å². The van der Waals surface area contributed by atoms with Crippen LogP contribution >= 0.6 is 0 Å². The molecule has 0 atom stereocenters. The highest BCUT2D eigenvalue weighted by Gasteiger charge is 2.49. The number of benzene rings is 16. The lowest BCUT2D eigenvalue weighted by atomic mass is 9.60. The van der Waals surface area contributed by atoms with Gasteiger partial charge in [0.15, 0.2) is 8.07 Å². The van der Waals surface area contributed by atoms with E-state index in [1.54, 1.807) is 11.1 Å². The Kier molecular flexibility index (Phi) is 25.6. The minimum Gasteiger partial charge on any atom is -0.0624 e. The lowest BCUT2D eigenvalue weighted by molar-refractivity contribution is 0.325. The molecule has 0 amide bonds. The maximum absolute atomic E-state index is 2.49. The summed E-state index contributed by atoms with van der Waals surface area (Å²) in [5.41, 5.74) is 44.7. The summed E-state index contributed by atoms with van der Waals surface area (Å²) in [4.78, 5) is 0. The molecule has 0 aliphatic heterocycles. The summed E-state index contributed by atoms with van der Waals surface area (Å²) >= 11 is 0. The lowest BCUT2D eigenvalue weighted by Gasteiger charge is -2.44. The molecule has 16 aromatic carbocycles. The van der Waals surface area contributed by atoms with Crippen LogP contribution in [0.1, 0.15) is 230 Å². The highest BCUT2D eigenvalue weighted by molar-refractivity contribution is 7.13. The molecule has 4 aliphatic carbocycles. The molecule has 20 rings (SSSR count). The van der Waals surface area contributed by atoms with Crippen molar-refractivity contribution in [2.45, 2.75) is 234 Å². The van der Waals surface area contributed by atoms with Crippen LogP contribution in [-0.2, 0) is 43.3 Å². The molecule has 0 fully saturated rings. The summed E-state index contributed by atoms with van der Waals surface area (Å²) < 4.78 is 0. The fourth-order valence-corrected chi connectivity index (χ4v) is 27.9. The SMILES string of the molecule is CC(C)(C)[Si](c1ccccc1)(c1ccccc1)c1ccccc1.CC(C)(C)c1cc2c(cc1C(C)(C)C)-c1ccccc1-c1ccccc1-c1ccccc1-2.CC(C)(C)c1ccc2c(c1C(C)(C)C)-c1ccccc1-c1ccccc1-c1ccccc1-2.CC(C)(C)c1cccc2c1-c1ccccc1-c1ccccc1-c1ccccc1-2.CC(C)(C)c1cccc2c1C(C)(C)CCC2(C)C. The molecular weight excluding hydrogens is 1610 g/mol. The first-order valence-electron chi connectivity index (χ1n) is 48.7. The van der Waals surface area contributed by atoms with E-state index in [0.717, 1.165) is 0 Å². The summed E-state index contributed by atoms with van der Waals surface area (Å²) in [5.74, 6) is 0. The van der Waals surface area contributed by atoms with Crippen LogP contribution < -0.4 is 15.6 Å². The first-order valence-corrected chi connectivity index (χ1v) is 50.7. The van der Waals surface area contributed by atoms with E-state index in [4.69, 9.17) is 0 Å². The smallest absolute Gasteiger partial charge is 0.0624 e. The van der Waals surface area contributed by atoms with Crippen LogP contribution in [0.2, 0.25) is 5.04 Å². The van der Waals surface area contributed by atoms with Crippen molar-refractivity contribution in [3.05, 3.63) is 415 Å². The van der Waals surface area contributed by atoms with Gasteiger partial charge in [0.25, 0.3) is 0 Å². The number of fused-ring (bicyclic) bond motifs is 25. The summed E-state index contributed by atoms with van der Waals surface area (Å²) in [6.07, 6.45) is 2.58. The van der Waals surface area contributed by atoms with Crippen molar-refractivity contribution in [1.29, 1.82) is 0 Å². The first kappa shape index (κ1) is 94.0. The van der Waals surface area contributed by atoms with Gasteiger partial charge in [-0.1, -0.05) is 531 Å². The van der Waals surface area contributed by atoms with E-state index in [1.165, 1.54) is 195 Å². The standard InChI is InChI=1S/2C32H32.C28H24.C22H24Si.C18H28/c1-31(2,3)29-19-27-25-17-11-9-15-23(25)21-13-7-8-14-22(21)24-16-10-12-18-26(24)28(27)20-30(29)32(4,5)6;1-31(2,3)28-20-19-27-25-17-10-9-15-23(25)21-13-7-8-14-22(21)24-16-11-12-18-26(24)29(27)30(28)32(4,5)6;1-28(2,3)26-18-10-17-25-23-14-7-6-13-21(23)19-11-4-5-12-20(19)22-15-8-9-16-24(22)27(25)26;1-22(2,3)23(19-13-7-4-8-14-19,20-15-9-5-10-16-20)21-17-11-6-12-18-21;1-16(2,3)13-9-8-10-14-15(13)18(6,7)12-11-17(14,4)5/h2*7-20H,1-6H3;4-18H,1-3H3;4-18H,1-3H3;8-10H,11-12H2,1-7H3. The highest BCUT2D eigenvalue weighted by Crippen LogP contribution is 2.57. The third-order valence-electron chi connectivity index (χ3n) is 28.6. The molecule has 133 heavy (non-hydrogen) atoms. The van der Waals surface area contributed by atoms with Crippen LogP contribution in [0.3, 0.4) is 0 Å². The fraction of sp³-hybridized carbons (Fsp3) is 0.273. The zero-order chi connectivity index (χ0) is 94.8. The van der Waals surface area contributed by atoms with E-state index >= 15 is 0 Å². The zero-order valence-corrected chi connectivity index (χ0v) is 85.1. The van der Waals surface area contributed by atoms with Gasteiger partial charge in [-0.2, -0.15) is 0 Å². The maximum Gasteiger partial charge on any atom is 0.153 e. The molecule has 16 aromatic rings. The van der Waals surface area contributed by atoms with Gasteiger partial charge in [0.2, 0.25) is 0 Å². The molecule has 0 N–H and O–H groups in total. The minimum atomic E-state index is -2.13. The van der Waals surface area contributed by atoms with Gasteiger partial charge >= 0.3 is 0 Å². The number of hydrogen-bond donors (Lipinski definition) is 0. The predicted molar refractivity (Wildman–Crippen MR) is 583 cm³/mol. The van der Waals surface area contributed by atoms with Gasteiger partial charge in [-0.05, 0) is 267 Å². The third kappa shape index (κ3) is 18.2. The molecule has 4 aliphatic rings. The second-order valence-corrected chi connectivity index (χ2v) is 50.8. The molecule has 0 spiro atoms. The molecule has 0 saturated heterocycles. The Morgan fingerprint density at radius 1 is 0.180 bits per heavy atom. The van der Waals surface area contributed by atoms with Crippen LogP contribution in [0.5, 0.6) is 0 Å². The van der Waals surface area contributed by atoms with E-state index in [1.807, 2.05) is 0 Å². The molecule has 0 heterocycles. The largest absolute Gasteiger partial charge is 0.153 e. The molecule has 672 valence electrons.